The summed E-state index contributed by atoms with van der Waals surface area (Å²) in [4.78, 5) is 18.9. The van der Waals surface area contributed by atoms with E-state index in [4.69, 9.17) is 0 Å². The van der Waals surface area contributed by atoms with Crippen LogP contribution in [0.15, 0.2) is 42.7 Å². The van der Waals surface area contributed by atoms with Gasteiger partial charge in [0, 0.05) is 49.4 Å². The van der Waals surface area contributed by atoms with Gasteiger partial charge in [0.25, 0.3) is 0 Å². The normalized spacial score (nSPS) is 24.7. The number of carbonyl (C=O) groups excluding carboxylic acids is 1. The van der Waals surface area contributed by atoms with Gasteiger partial charge in [-0.2, -0.15) is 0 Å². The van der Waals surface area contributed by atoms with Gasteiger partial charge in [0.15, 0.2) is 0 Å². The summed E-state index contributed by atoms with van der Waals surface area (Å²) in [5.41, 5.74) is 1.02. The second-order valence-electron chi connectivity index (χ2n) is 6.62. The predicted octanol–water partition coefficient (Wildman–Crippen LogP) is 3.06. The first-order valence-corrected chi connectivity index (χ1v) is 8.52. The Bertz CT molecular complexity index is 769. The van der Waals surface area contributed by atoms with Gasteiger partial charge in [-0.15, -0.1) is 12.4 Å². The summed E-state index contributed by atoms with van der Waals surface area (Å²) in [6.07, 6.45) is 3.96. The van der Waals surface area contributed by atoms with Gasteiger partial charge in [-0.25, -0.2) is 8.78 Å². The number of nitrogens with zero attached hydrogens (tertiary/aromatic N) is 2. The standard InChI is InChI=1S/C19H19F2N3O.ClH/c20-15-4-1-5-16(21)18(15)13-9-14(13)19(25)24-8-7-23-11-17(24)12-3-2-6-22-10-12;/h1-6,10,13-14,17,23H,7-9,11H2;1H. The second-order valence-corrected chi connectivity index (χ2v) is 6.62. The lowest BCUT2D eigenvalue weighted by Crippen LogP contribution is -2.49. The van der Waals surface area contributed by atoms with Crippen LogP contribution in [0.3, 0.4) is 0 Å². The molecule has 26 heavy (non-hydrogen) atoms. The van der Waals surface area contributed by atoms with Crippen LogP contribution < -0.4 is 5.32 Å². The molecular formula is C19H20ClF2N3O. The van der Waals surface area contributed by atoms with Crippen LogP contribution in [0.4, 0.5) is 8.78 Å². The van der Waals surface area contributed by atoms with E-state index in [0.717, 1.165) is 5.56 Å². The molecule has 1 aliphatic heterocycles. The molecule has 0 spiro atoms. The maximum atomic E-state index is 14.0. The number of aromatic nitrogens is 1. The van der Waals surface area contributed by atoms with Gasteiger partial charge in [0.1, 0.15) is 11.6 Å². The Kier molecular flexibility index (Phi) is 5.53. The molecule has 1 aliphatic carbocycles. The van der Waals surface area contributed by atoms with E-state index in [1.54, 1.807) is 12.4 Å². The Morgan fingerprint density at radius 2 is 1.96 bits per heavy atom. The lowest BCUT2D eigenvalue weighted by atomic mass is 10.0. The van der Waals surface area contributed by atoms with E-state index in [0.29, 0.717) is 26.1 Å². The van der Waals surface area contributed by atoms with Crippen molar-refractivity contribution in [2.75, 3.05) is 19.6 Å². The van der Waals surface area contributed by atoms with Gasteiger partial charge in [0.05, 0.1) is 6.04 Å². The van der Waals surface area contributed by atoms with Crippen molar-refractivity contribution in [3.8, 4) is 0 Å². The molecule has 2 heterocycles. The van der Waals surface area contributed by atoms with Crippen LogP contribution in [-0.4, -0.2) is 35.4 Å². The van der Waals surface area contributed by atoms with Gasteiger partial charge in [0.2, 0.25) is 5.91 Å². The predicted molar refractivity (Wildman–Crippen MR) is 96.0 cm³/mol. The monoisotopic (exact) mass is 379 g/mol. The van der Waals surface area contributed by atoms with Crippen molar-refractivity contribution in [1.82, 2.24) is 15.2 Å². The maximum absolute atomic E-state index is 14.0. The minimum atomic E-state index is -0.565. The fraction of sp³-hybridized carbons (Fsp3) is 0.368. The molecule has 1 saturated carbocycles. The maximum Gasteiger partial charge on any atom is 0.226 e. The van der Waals surface area contributed by atoms with E-state index in [1.807, 2.05) is 17.0 Å². The summed E-state index contributed by atoms with van der Waals surface area (Å²) < 4.78 is 28.0. The molecule has 2 aromatic rings. The van der Waals surface area contributed by atoms with Crippen molar-refractivity contribution < 1.29 is 13.6 Å². The lowest BCUT2D eigenvalue weighted by Gasteiger charge is -2.36. The molecule has 1 saturated heterocycles. The van der Waals surface area contributed by atoms with E-state index in [-0.39, 0.29) is 41.8 Å². The molecule has 2 aliphatic rings. The first-order valence-electron chi connectivity index (χ1n) is 8.52. The van der Waals surface area contributed by atoms with Gasteiger partial charge in [-0.3, -0.25) is 9.78 Å². The van der Waals surface area contributed by atoms with Crippen molar-refractivity contribution in [3.05, 3.63) is 65.5 Å². The minimum Gasteiger partial charge on any atom is -0.333 e. The number of nitrogens with one attached hydrogen (secondary N) is 1. The fourth-order valence-corrected chi connectivity index (χ4v) is 3.70. The van der Waals surface area contributed by atoms with Crippen molar-refractivity contribution in [2.24, 2.45) is 5.92 Å². The molecule has 1 N–H and O–H groups in total. The number of benzene rings is 1. The Balaban J connectivity index is 0.00000196. The molecule has 138 valence electrons. The molecule has 4 nitrogen and oxygen atoms in total. The summed E-state index contributed by atoms with van der Waals surface area (Å²) in [6.45, 7) is 1.96. The first kappa shape index (κ1) is 18.7. The van der Waals surface area contributed by atoms with Crippen molar-refractivity contribution in [1.29, 1.82) is 0 Å². The zero-order valence-corrected chi connectivity index (χ0v) is 14.9. The van der Waals surface area contributed by atoms with E-state index in [2.05, 4.69) is 10.3 Å². The highest BCUT2D eigenvalue weighted by molar-refractivity contribution is 5.85. The summed E-state index contributed by atoms with van der Waals surface area (Å²) in [5, 5.41) is 3.30. The number of amides is 1. The van der Waals surface area contributed by atoms with Gasteiger partial charge < -0.3 is 10.2 Å². The second kappa shape index (κ2) is 7.68. The van der Waals surface area contributed by atoms with Crippen molar-refractivity contribution in [3.63, 3.8) is 0 Å². The van der Waals surface area contributed by atoms with Crippen LogP contribution in [0.2, 0.25) is 0 Å². The van der Waals surface area contributed by atoms with Gasteiger partial charge >= 0.3 is 0 Å². The summed E-state index contributed by atoms with van der Waals surface area (Å²) in [5.74, 6) is -1.86. The summed E-state index contributed by atoms with van der Waals surface area (Å²) in [6, 6.07) is 7.56. The Labute approximate surface area is 157 Å². The average molecular weight is 380 g/mol. The van der Waals surface area contributed by atoms with E-state index < -0.39 is 11.6 Å². The number of piperazine rings is 1. The molecule has 1 aromatic heterocycles. The van der Waals surface area contributed by atoms with Crippen molar-refractivity contribution >= 4 is 18.3 Å². The molecule has 0 bridgehead atoms. The SMILES string of the molecule is Cl.O=C(C1CC1c1c(F)cccc1F)N1CCNCC1c1cccnc1. The van der Waals surface area contributed by atoms with Crippen LogP contribution >= 0.6 is 12.4 Å². The minimum absolute atomic E-state index is 0. The number of hydrogen-bond acceptors (Lipinski definition) is 3. The highest BCUT2D eigenvalue weighted by atomic mass is 35.5. The molecule has 1 aromatic carbocycles. The molecule has 3 atom stereocenters. The molecule has 0 radical (unpaired) electrons. The molecular weight excluding hydrogens is 360 g/mol. The van der Waals surface area contributed by atoms with Crippen LogP contribution in [0.5, 0.6) is 0 Å². The fourth-order valence-electron chi connectivity index (χ4n) is 3.70. The molecule has 2 fully saturated rings. The molecule has 4 rings (SSSR count). The third kappa shape index (κ3) is 3.44. The lowest BCUT2D eigenvalue weighted by molar-refractivity contribution is -0.136. The quantitative estimate of drug-likeness (QED) is 0.891. The Hall–Kier alpha value is -2.05. The van der Waals surface area contributed by atoms with Gasteiger partial charge in [-0.1, -0.05) is 12.1 Å². The number of halogens is 3. The third-order valence-electron chi connectivity index (χ3n) is 5.07. The smallest absolute Gasteiger partial charge is 0.226 e. The van der Waals surface area contributed by atoms with Crippen molar-refractivity contribution in [2.45, 2.75) is 18.4 Å². The van der Waals surface area contributed by atoms with Crippen LogP contribution in [0, 0.1) is 17.6 Å². The number of rotatable bonds is 3. The largest absolute Gasteiger partial charge is 0.333 e. The van der Waals surface area contributed by atoms with Crippen LogP contribution in [0.25, 0.3) is 0 Å². The zero-order chi connectivity index (χ0) is 17.4. The number of pyridine rings is 1. The van der Waals surface area contributed by atoms with E-state index >= 15 is 0 Å². The topological polar surface area (TPSA) is 45.2 Å². The highest BCUT2D eigenvalue weighted by Gasteiger charge is 2.49. The number of hydrogen-bond donors (Lipinski definition) is 1. The third-order valence-corrected chi connectivity index (χ3v) is 5.07. The Morgan fingerprint density at radius 3 is 2.65 bits per heavy atom. The Morgan fingerprint density at radius 1 is 1.19 bits per heavy atom. The first-order chi connectivity index (χ1) is 12.2. The van der Waals surface area contributed by atoms with Gasteiger partial charge in [-0.05, 0) is 30.2 Å². The molecule has 7 heteroatoms. The molecule has 3 unspecified atom stereocenters. The zero-order valence-electron chi connectivity index (χ0n) is 14.1. The van der Waals surface area contributed by atoms with Crippen LogP contribution in [-0.2, 0) is 4.79 Å². The highest BCUT2D eigenvalue weighted by Crippen LogP contribution is 2.50. The van der Waals surface area contributed by atoms with Crippen LogP contribution in [0.1, 0.15) is 29.5 Å². The molecule has 1 amide bonds. The van der Waals surface area contributed by atoms with E-state index in [1.165, 1.54) is 18.2 Å². The summed E-state index contributed by atoms with van der Waals surface area (Å²) in [7, 11) is 0. The summed E-state index contributed by atoms with van der Waals surface area (Å²) >= 11 is 0. The average Bonchev–Trinajstić information content (AvgIpc) is 3.42. The number of carbonyl (C=O) groups is 1. The van der Waals surface area contributed by atoms with E-state index in [9.17, 15) is 13.6 Å².